The standard InChI is InChI=1S/C18H20N2O4/c1-17(2)18(3,23)15(20-9-5-4-6-14(20)21)12-8-7-11(16(19)22)10-13(12)24-17/h4-10,15,23H,1-3H3,(H2,19,22). The Hall–Kier alpha value is -2.60. The van der Waals surface area contributed by atoms with Crippen molar-refractivity contribution >= 4 is 5.91 Å². The number of carbonyl (C=O) groups is 1. The largest absolute Gasteiger partial charge is 0.484 e. The summed E-state index contributed by atoms with van der Waals surface area (Å²) in [6.07, 6.45) is 1.63. The van der Waals surface area contributed by atoms with Crippen molar-refractivity contribution in [2.45, 2.75) is 38.0 Å². The lowest BCUT2D eigenvalue weighted by molar-refractivity contribution is -0.139. The first-order valence-electron chi connectivity index (χ1n) is 7.67. The number of nitrogens with two attached hydrogens (primary N) is 1. The van der Waals surface area contributed by atoms with Crippen LogP contribution in [-0.2, 0) is 0 Å². The van der Waals surface area contributed by atoms with Gasteiger partial charge in [0.05, 0.1) is 6.04 Å². The van der Waals surface area contributed by atoms with E-state index in [2.05, 4.69) is 0 Å². The van der Waals surface area contributed by atoms with Crippen LogP contribution in [0.15, 0.2) is 47.4 Å². The monoisotopic (exact) mass is 328 g/mol. The van der Waals surface area contributed by atoms with Gasteiger partial charge < -0.3 is 20.1 Å². The first kappa shape index (κ1) is 16.3. The van der Waals surface area contributed by atoms with Crippen LogP contribution in [0.1, 0.15) is 42.7 Å². The SMILES string of the molecule is CC1(C)Oc2cc(C(N)=O)ccc2C(n2ccccc2=O)C1(C)O. The number of carbonyl (C=O) groups excluding carboxylic acids is 1. The maximum atomic E-state index is 12.3. The van der Waals surface area contributed by atoms with E-state index in [4.69, 9.17) is 10.5 Å². The molecule has 0 saturated heterocycles. The Morgan fingerprint density at radius 3 is 2.58 bits per heavy atom. The predicted molar refractivity (Wildman–Crippen MR) is 89.1 cm³/mol. The second-order valence-corrected chi connectivity index (χ2v) is 6.73. The van der Waals surface area contributed by atoms with Gasteiger partial charge in [0.15, 0.2) is 0 Å². The molecule has 24 heavy (non-hydrogen) atoms. The molecule has 126 valence electrons. The van der Waals surface area contributed by atoms with Gasteiger partial charge in [0, 0.05) is 23.4 Å². The van der Waals surface area contributed by atoms with Gasteiger partial charge in [0.25, 0.3) is 5.56 Å². The van der Waals surface area contributed by atoms with Gasteiger partial charge in [-0.05, 0) is 39.0 Å². The Kier molecular flexibility index (Phi) is 3.53. The quantitative estimate of drug-likeness (QED) is 0.872. The number of ether oxygens (including phenoxy) is 1. The molecule has 3 rings (SSSR count). The molecule has 2 atom stereocenters. The highest BCUT2D eigenvalue weighted by Gasteiger charge is 2.53. The molecular weight excluding hydrogens is 308 g/mol. The average molecular weight is 328 g/mol. The minimum Gasteiger partial charge on any atom is -0.484 e. The maximum absolute atomic E-state index is 12.3. The highest BCUT2D eigenvalue weighted by Crippen LogP contribution is 2.47. The summed E-state index contributed by atoms with van der Waals surface area (Å²) in [7, 11) is 0. The first-order chi connectivity index (χ1) is 11.1. The van der Waals surface area contributed by atoms with Crippen molar-refractivity contribution in [3.8, 4) is 5.75 Å². The summed E-state index contributed by atoms with van der Waals surface area (Å²) in [4.78, 5) is 23.8. The van der Waals surface area contributed by atoms with Crippen molar-refractivity contribution in [1.82, 2.24) is 4.57 Å². The van der Waals surface area contributed by atoms with Crippen molar-refractivity contribution < 1.29 is 14.6 Å². The lowest BCUT2D eigenvalue weighted by Crippen LogP contribution is -2.60. The fourth-order valence-electron chi connectivity index (χ4n) is 3.09. The molecule has 0 spiro atoms. The summed E-state index contributed by atoms with van der Waals surface area (Å²) in [5, 5.41) is 11.2. The van der Waals surface area contributed by atoms with E-state index in [-0.39, 0.29) is 5.56 Å². The molecule has 2 unspecified atom stereocenters. The Morgan fingerprint density at radius 1 is 1.25 bits per heavy atom. The number of primary amides is 1. The molecule has 2 aromatic rings. The maximum Gasteiger partial charge on any atom is 0.251 e. The van der Waals surface area contributed by atoms with E-state index in [0.29, 0.717) is 16.9 Å². The number of nitrogens with zero attached hydrogens (tertiary/aromatic N) is 1. The van der Waals surface area contributed by atoms with E-state index in [1.807, 2.05) is 0 Å². The van der Waals surface area contributed by atoms with Crippen molar-refractivity contribution in [2.24, 2.45) is 5.73 Å². The zero-order valence-corrected chi connectivity index (χ0v) is 13.8. The van der Waals surface area contributed by atoms with Crippen molar-refractivity contribution in [2.75, 3.05) is 0 Å². The average Bonchev–Trinajstić information content (AvgIpc) is 2.49. The van der Waals surface area contributed by atoms with E-state index in [1.165, 1.54) is 10.6 Å². The summed E-state index contributed by atoms with van der Waals surface area (Å²) >= 11 is 0. The van der Waals surface area contributed by atoms with Gasteiger partial charge in [-0.25, -0.2) is 0 Å². The number of pyridine rings is 1. The summed E-state index contributed by atoms with van der Waals surface area (Å²) in [5.74, 6) is -0.131. The van der Waals surface area contributed by atoms with Crippen molar-refractivity contribution in [1.29, 1.82) is 0 Å². The van der Waals surface area contributed by atoms with Gasteiger partial charge in [0.1, 0.15) is 17.0 Å². The Morgan fingerprint density at radius 2 is 1.96 bits per heavy atom. The van der Waals surface area contributed by atoms with Gasteiger partial charge in [-0.2, -0.15) is 0 Å². The molecule has 1 aliphatic rings. The third-order valence-electron chi connectivity index (χ3n) is 4.84. The summed E-state index contributed by atoms with van der Waals surface area (Å²) in [5.41, 5.74) is 3.69. The highest BCUT2D eigenvalue weighted by molar-refractivity contribution is 5.93. The van der Waals surface area contributed by atoms with Crippen LogP contribution in [0.5, 0.6) is 5.75 Å². The smallest absolute Gasteiger partial charge is 0.251 e. The fraction of sp³-hybridized carbons (Fsp3) is 0.333. The molecule has 0 aliphatic carbocycles. The lowest BCUT2D eigenvalue weighted by atomic mass is 9.75. The van der Waals surface area contributed by atoms with Crippen molar-refractivity contribution in [3.63, 3.8) is 0 Å². The molecule has 1 aromatic heterocycles. The van der Waals surface area contributed by atoms with E-state index in [9.17, 15) is 14.7 Å². The van der Waals surface area contributed by atoms with Crippen LogP contribution >= 0.6 is 0 Å². The normalized spacial score (nSPS) is 24.8. The number of rotatable bonds is 2. The van der Waals surface area contributed by atoms with Gasteiger partial charge in [0.2, 0.25) is 5.91 Å². The molecule has 6 heteroatoms. The number of amides is 1. The molecule has 1 aliphatic heterocycles. The number of benzene rings is 1. The second-order valence-electron chi connectivity index (χ2n) is 6.73. The van der Waals surface area contributed by atoms with Gasteiger partial charge in [-0.15, -0.1) is 0 Å². The topological polar surface area (TPSA) is 94.5 Å². The zero-order valence-electron chi connectivity index (χ0n) is 13.8. The number of fused-ring (bicyclic) bond motifs is 1. The predicted octanol–water partition coefficient (Wildman–Crippen LogP) is 1.46. The molecule has 1 aromatic carbocycles. The zero-order chi connectivity index (χ0) is 17.7. The number of hydrogen-bond acceptors (Lipinski definition) is 4. The highest BCUT2D eigenvalue weighted by atomic mass is 16.5. The molecule has 0 bridgehead atoms. The Balaban J connectivity index is 2.29. The van der Waals surface area contributed by atoms with Gasteiger partial charge in [-0.1, -0.05) is 12.1 Å². The number of aliphatic hydroxyl groups is 1. The lowest BCUT2D eigenvalue weighted by Gasteiger charge is -2.49. The van der Waals surface area contributed by atoms with Crippen LogP contribution in [0.2, 0.25) is 0 Å². The Bertz CT molecular complexity index is 867. The summed E-state index contributed by atoms with van der Waals surface area (Å²) in [6.45, 7) is 5.13. The van der Waals surface area contributed by atoms with Crippen LogP contribution in [0.3, 0.4) is 0 Å². The van der Waals surface area contributed by atoms with Crippen LogP contribution < -0.4 is 16.0 Å². The summed E-state index contributed by atoms with van der Waals surface area (Å²) in [6, 6.07) is 8.95. The summed E-state index contributed by atoms with van der Waals surface area (Å²) < 4.78 is 7.42. The third-order valence-corrected chi connectivity index (χ3v) is 4.84. The van der Waals surface area contributed by atoms with Crippen LogP contribution in [0.25, 0.3) is 0 Å². The minimum absolute atomic E-state index is 0.231. The number of hydrogen-bond donors (Lipinski definition) is 2. The van der Waals surface area contributed by atoms with Crippen LogP contribution in [0.4, 0.5) is 0 Å². The minimum atomic E-state index is -1.36. The molecule has 6 nitrogen and oxygen atoms in total. The molecule has 1 amide bonds. The van der Waals surface area contributed by atoms with E-state index in [1.54, 1.807) is 57.3 Å². The second kappa shape index (κ2) is 5.21. The van der Waals surface area contributed by atoms with Gasteiger partial charge >= 0.3 is 0 Å². The van der Waals surface area contributed by atoms with Crippen LogP contribution in [-0.4, -0.2) is 26.8 Å². The number of aromatic nitrogens is 1. The van der Waals surface area contributed by atoms with E-state index >= 15 is 0 Å². The molecular formula is C18H20N2O4. The first-order valence-corrected chi connectivity index (χ1v) is 7.67. The molecule has 0 fully saturated rings. The molecule has 2 heterocycles. The fourth-order valence-corrected chi connectivity index (χ4v) is 3.09. The van der Waals surface area contributed by atoms with Crippen LogP contribution in [0, 0.1) is 0 Å². The van der Waals surface area contributed by atoms with Gasteiger partial charge in [-0.3, -0.25) is 9.59 Å². The molecule has 0 radical (unpaired) electrons. The van der Waals surface area contributed by atoms with E-state index in [0.717, 1.165) is 0 Å². The third kappa shape index (κ3) is 2.30. The molecule has 0 saturated carbocycles. The van der Waals surface area contributed by atoms with E-state index < -0.39 is 23.2 Å². The molecule has 3 N–H and O–H groups in total. The Labute approximate surface area is 139 Å². The van der Waals surface area contributed by atoms with Crippen molar-refractivity contribution in [3.05, 3.63) is 64.1 Å².